The number of rotatable bonds is 3. The molecular formula is C15H17ClN4O2S. The number of hydrogen-bond donors (Lipinski definition) is 0. The molecule has 0 aromatic carbocycles. The van der Waals surface area contributed by atoms with Gasteiger partial charge in [-0.3, -0.25) is 0 Å². The number of hydrogen-bond acceptors (Lipinski definition) is 7. The summed E-state index contributed by atoms with van der Waals surface area (Å²) in [4.78, 5) is 18.2. The van der Waals surface area contributed by atoms with Gasteiger partial charge in [-0.25, -0.2) is 9.78 Å². The first-order chi connectivity index (χ1) is 11.1. The van der Waals surface area contributed by atoms with Gasteiger partial charge in [-0.1, -0.05) is 11.6 Å². The molecule has 0 spiro atoms. The smallest absolute Gasteiger partial charge is 0.357 e. The van der Waals surface area contributed by atoms with Gasteiger partial charge in [-0.15, -0.1) is 21.5 Å². The molecule has 0 fully saturated rings. The van der Waals surface area contributed by atoms with E-state index in [0.29, 0.717) is 17.5 Å². The van der Waals surface area contributed by atoms with E-state index in [2.05, 4.69) is 15.2 Å². The summed E-state index contributed by atoms with van der Waals surface area (Å²) in [7, 11) is 0. The molecule has 23 heavy (non-hydrogen) atoms. The van der Waals surface area contributed by atoms with Crippen LogP contribution in [0, 0.1) is 6.92 Å². The average molecular weight is 353 g/mol. The lowest BCUT2D eigenvalue weighted by atomic mass is 10.1. The van der Waals surface area contributed by atoms with Crippen LogP contribution in [0.3, 0.4) is 0 Å². The van der Waals surface area contributed by atoms with Crippen molar-refractivity contribution in [3.63, 3.8) is 0 Å². The van der Waals surface area contributed by atoms with Crippen molar-refractivity contribution < 1.29 is 9.53 Å². The highest BCUT2D eigenvalue weighted by atomic mass is 35.5. The van der Waals surface area contributed by atoms with E-state index >= 15 is 0 Å². The van der Waals surface area contributed by atoms with Crippen LogP contribution in [0.1, 0.15) is 41.4 Å². The molecule has 0 atom stereocenters. The normalized spacial score (nSPS) is 14.3. The van der Waals surface area contributed by atoms with Crippen LogP contribution in [0.2, 0.25) is 5.15 Å². The largest absolute Gasteiger partial charge is 0.461 e. The standard InChI is InChI=1S/C15H17ClN4O2S/c1-3-22-14(21)11-8-23-15(17-11)20-7-5-4-6-10-9(2)12(16)18-19-13(10)20/h8H,3-7H2,1-2H3. The molecule has 3 heterocycles. The zero-order valence-corrected chi connectivity index (χ0v) is 14.6. The highest BCUT2D eigenvalue weighted by Gasteiger charge is 2.24. The SMILES string of the molecule is CCOC(=O)c1csc(N2CCCCc3c2nnc(Cl)c3C)n1. The third-order valence-corrected chi connectivity index (χ3v) is 5.01. The van der Waals surface area contributed by atoms with Crippen LogP contribution in [-0.2, 0) is 11.2 Å². The molecule has 0 radical (unpaired) electrons. The van der Waals surface area contributed by atoms with Crippen LogP contribution in [0.15, 0.2) is 5.38 Å². The maximum absolute atomic E-state index is 11.8. The first kappa shape index (κ1) is 16.1. The minimum absolute atomic E-state index is 0.330. The Morgan fingerprint density at radius 2 is 2.26 bits per heavy atom. The molecule has 0 saturated heterocycles. The van der Waals surface area contributed by atoms with Crippen LogP contribution >= 0.6 is 22.9 Å². The Kier molecular flexibility index (Phi) is 4.77. The van der Waals surface area contributed by atoms with E-state index in [1.165, 1.54) is 11.3 Å². The summed E-state index contributed by atoms with van der Waals surface area (Å²) in [6.45, 7) is 4.86. The van der Waals surface area contributed by atoms with Gasteiger partial charge in [-0.05, 0) is 38.7 Å². The molecule has 0 saturated carbocycles. The van der Waals surface area contributed by atoms with Crippen molar-refractivity contribution in [2.45, 2.75) is 33.1 Å². The summed E-state index contributed by atoms with van der Waals surface area (Å²) in [5, 5.41) is 11.2. The molecule has 3 rings (SSSR count). The van der Waals surface area contributed by atoms with Gasteiger partial charge in [0.1, 0.15) is 0 Å². The second-order valence-electron chi connectivity index (χ2n) is 5.26. The number of nitrogens with zero attached hydrogens (tertiary/aromatic N) is 4. The van der Waals surface area contributed by atoms with Gasteiger partial charge in [0.2, 0.25) is 0 Å². The first-order valence-corrected chi connectivity index (χ1v) is 8.79. The fourth-order valence-electron chi connectivity index (χ4n) is 2.59. The molecular weight excluding hydrogens is 336 g/mol. The second-order valence-corrected chi connectivity index (χ2v) is 6.46. The Balaban J connectivity index is 1.98. The highest BCUT2D eigenvalue weighted by Crippen LogP contribution is 2.35. The van der Waals surface area contributed by atoms with Crippen LogP contribution in [0.25, 0.3) is 0 Å². The molecule has 0 amide bonds. The van der Waals surface area contributed by atoms with Crippen LogP contribution in [0.4, 0.5) is 10.9 Å². The summed E-state index contributed by atoms with van der Waals surface area (Å²) < 4.78 is 5.00. The van der Waals surface area contributed by atoms with E-state index in [4.69, 9.17) is 16.3 Å². The molecule has 1 aliphatic rings. The number of thiazole rings is 1. The van der Waals surface area contributed by atoms with Gasteiger partial charge in [0, 0.05) is 17.5 Å². The fraction of sp³-hybridized carbons (Fsp3) is 0.467. The van der Waals surface area contributed by atoms with E-state index in [1.807, 2.05) is 11.8 Å². The monoisotopic (exact) mass is 352 g/mol. The summed E-state index contributed by atoms with van der Waals surface area (Å²) in [6, 6.07) is 0. The van der Waals surface area contributed by atoms with Crippen molar-refractivity contribution in [1.82, 2.24) is 15.2 Å². The lowest BCUT2D eigenvalue weighted by Gasteiger charge is -2.20. The van der Waals surface area contributed by atoms with Gasteiger partial charge < -0.3 is 9.64 Å². The number of fused-ring (bicyclic) bond motifs is 1. The quantitative estimate of drug-likeness (QED) is 0.787. The molecule has 2 aromatic heterocycles. The molecule has 0 bridgehead atoms. The summed E-state index contributed by atoms with van der Waals surface area (Å²) in [5.41, 5.74) is 2.40. The number of esters is 1. The van der Waals surface area contributed by atoms with Gasteiger partial charge in [0.15, 0.2) is 21.8 Å². The van der Waals surface area contributed by atoms with E-state index in [1.54, 1.807) is 12.3 Å². The summed E-state index contributed by atoms with van der Waals surface area (Å²) in [6.07, 6.45) is 2.99. The number of halogens is 1. The van der Waals surface area contributed by atoms with Crippen LogP contribution in [-0.4, -0.2) is 34.3 Å². The van der Waals surface area contributed by atoms with E-state index in [9.17, 15) is 4.79 Å². The van der Waals surface area contributed by atoms with Crippen molar-refractivity contribution in [3.8, 4) is 0 Å². The van der Waals surface area contributed by atoms with Crippen molar-refractivity contribution in [1.29, 1.82) is 0 Å². The highest BCUT2D eigenvalue weighted by molar-refractivity contribution is 7.14. The number of carbonyl (C=O) groups is 1. The molecule has 1 aliphatic heterocycles. The van der Waals surface area contributed by atoms with Gasteiger partial charge in [0.05, 0.1) is 6.61 Å². The number of aromatic nitrogens is 3. The molecule has 2 aromatic rings. The third kappa shape index (κ3) is 3.16. The van der Waals surface area contributed by atoms with Gasteiger partial charge in [-0.2, -0.15) is 0 Å². The maximum atomic E-state index is 11.8. The maximum Gasteiger partial charge on any atom is 0.357 e. The van der Waals surface area contributed by atoms with Crippen molar-refractivity contribution in [2.24, 2.45) is 0 Å². The third-order valence-electron chi connectivity index (χ3n) is 3.79. The summed E-state index contributed by atoms with van der Waals surface area (Å²) >= 11 is 7.51. The lowest BCUT2D eigenvalue weighted by Crippen LogP contribution is -2.20. The molecule has 122 valence electrons. The number of carbonyl (C=O) groups excluding carboxylic acids is 1. The average Bonchev–Trinajstić information content (AvgIpc) is 2.92. The molecule has 8 heteroatoms. The second kappa shape index (κ2) is 6.80. The van der Waals surface area contributed by atoms with Crippen molar-refractivity contribution >= 4 is 39.9 Å². The Bertz CT molecular complexity index is 734. The minimum Gasteiger partial charge on any atom is -0.461 e. The number of anilines is 2. The van der Waals surface area contributed by atoms with E-state index in [0.717, 1.165) is 47.9 Å². The Labute approximate surface area is 143 Å². The zero-order chi connectivity index (χ0) is 16.4. The topological polar surface area (TPSA) is 68.2 Å². The number of ether oxygens (including phenoxy) is 1. The predicted molar refractivity (Wildman–Crippen MR) is 89.8 cm³/mol. The predicted octanol–water partition coefficient (Wildman–Crippen LogP) is 3.55. The van der Waals surface area contributed by atoms with Crippen molar-refractivity contribution in [2.75, 3.05) is 18.1 Å². The Hall–Kier alpha value is -1.73. The van der Waals surface area contributed by atoms with E-state index < -0.39 is 5.97 Å². The molecule has 6 nitrogen and oxygen atoms in total. The van der Waals surface area contributed by atoms with Crippen LogP contribution in [0.5, 0.6) is 0 Å². The Morgan fingerprint density at radius 1 is 1.43 bits per heavy atom. The first-order valence-electron chi connectivity index (χ1n) is 7.53. The minimum atomic E-state index is -0.400. The molecule has 0 N–H and O–H groups in total. The fourth-order valence-corrected chi connectivity index (χ4v) is 3.56. The van der Waals surface area contributed by atoms with Crippen molar-refractivity contribution in [3.05, 3.63) is 27.4 Å². The Morgan fingerprint density at radius 3 is 3.04 bits per heavy atom. The van der Waals surface area contributed by atoms with E-state index in [-0.39, 0.29) is 0 Å². The van der Waals surface area contributed by atoms with Crippen LogP contribution < -0.4 is 4.90 Å². The van der Waals surface area contributed by atoms with Gasteiger partial charge >= 0.3 is 5.97 Å². The zero-order valence-electron chi connectivity index (χ0n) is 13.0. The molecule has 0 aliphatic carbocycles. The molecule has 0 unspecified atom stereocenters. The lowest BCUT2D eigenvalue weighted by molar-refractivity contribution is 0.0520. The van der Waals surface area contributed by atoms with Gasteiger partial charge in [0.25, 0.3) is 0 Å². The summed E-state index contributed by atoms with van der Waals surface area (Å²) in [5.74, 6) is 0.387.